The zero-order chi connectivity index (χ0) is 19.7. The minimum atomic E-state index is -2.55. The number of carboxylic acids is 1. The topological polar surface area (TPSA) is 87.1 Å². The molecule has 8 heteroatoms. The summed E-state index contributed by atoms with van der Waals surface area (Å²) >= 11 is -1.09. The van der Waals surface area contributed by atoms with E-state index >= 15 is 0 Å². The van der Waals surface area contributed by atoms with E-state index in [9.17, 15) is 18.7 Å². The second-order valence-corrected chi connectivity index (χ2v) is 7.93. The number of fused-ring (bicyclic) bond motifs is 2. The summed E-state index contributed by atoms with van der Waals surface area (Å²) in [6.07, 6.45) is 0. The summed E-state index contributed by atoms with van der Waals surface area (Å²) in [6, 6.07) is 19.6. The average Bonchev–Trinajstić information content (AvgIpc) is 2.70. The van der Waals surface area contributed by atoms with Crippen LogP contribution in [0.1, 0.15) is 11.6 Å². The number of hydrogen-bond acceptors (Lipinski definition) is 4. The maximum atomic E-state index is 12.1. The van der Waals surface area contributed by atoms with Crippen molar-refractivity contribution in [3.8, 4) is 11.5 Å². The van der Waals surface area contributed by atoms with E-state index < -0.39 is 23.3 Å². The summed E-state index contributed by atoms with van der Waals surface area (Å²) in [5.74, 6) is 0.131. The van der Waals surface area contributed by atoms with Crippen molar-refractivity contribution in [3.05, 3.63) is 78.4 Å². The van der Waals surface area contributed by atoms with E-state index in [-0.39, 0.29) is 0 Å². The summed E-state index contributed by atoms with van der Waals surface area (Å²) in [4.78, 5) is 13.6. The van der Waals surface area contributed by atoms with Gasteiger partial charge in [0.05, 0.1) is 15.5 Å². The summed E-state index contributed by atoms with van der Waals surface area (Å²) in [6.45, 7) is 0. The smallest absolute Gasteiger partial charge is 0.332 e. The van der Waals surface area contributed by atoms with Gasteiger partial charge in [0.1, 0.15) is 11.5 Å². The maximum Gasteiger partial charge on any atom is 0.332 e. The Hall–Kier alpha value is -2.81. The van der Waals surface area contributed by atoms with Crippen molar-refractivity contribution >= 4 is 34.7 Å². The molecule has 6 nitrogen and oxygen atoms in total. The lowest BCUT2D eigenvalue weighted by atomic mass is 10.1. The average molecular weight is 413 g/mol. The molecule has 1 aliphatic heterocycles. The van der Waals surface area contributed by atoms with Crippen LogP contribution in [0.25, 0.3) is 0 Å². The Morgan fingerprint density at radius 1 is 0.964 bits per heavy atom. The monoisotopic (exact) mass is 413 g/mol. The molecule has 0 aromatic heterocycles. The van der Waals surface area contributed by atoms with Gasteiger partial charge in [-0.05, 0) is 35.9 Å². The van der Waals surface area contributed by atoms with Crippen molar-refractivity contribution in [1.82, 2.24) is 0 Å². The molecule has 0 bridgehead atoms. The highest BCUT2D eigenvalue weighted by molar-refractivity contribution is 7.99. The van der Waals surface area contributed by atoms with Crippen LogP contribution < -0.4 is 9.04 Å². The second-order valence-electron chi connectivity index (χ2n) is 5.99. The molecule has 142 valence electrons. The van der Waals surface area contributed by atoms with Gasteiger partial charge >= 0.3 is 5.97 Å². The Kier molecular flexibility index (Phi) is 5.08. The second kappa shape index (κ2) is 7.67. The van der Waals surface area contributed by atoms with E-state index in [2.05, 4.69) is 0 Å². The largest absolute Gasteiger partial charge is 0.479 e. The van der Waals surface area contributed by atoms with Gasteiger partial charge in [-0.1, -0.05) is 54.2 Å². The number of anilines is 1. The predicted molar refractivity (Wildman–Crippen MR) is 107 cm³/mol. The van der Waals surface area contributed by atoms with E-state index in [0.717, 1.165) is 19.8 Å². The first kappa shape index (κ1) is 18.5. The molecule has 0 amide bonds. The number of carboxylic acid groups (broad SMARTS) is 1. The molecule has 1 aliphatic rings. The third kappa shape index (κ3) is 3.49. The van der Waals surface area contributed by atoms with Crippen LogP contribution in [0.5, 0.6) is 11.5 Å². The highest BCUT2D eigenvalue weighted by Crippen LogP contribution is 2.48. The highest BCUT2D eigenvalue weighted by atomic mass is 32.2. The van der Waals surface area contributed by atoms with Crippen LogP contribution in [0.4, 0.5) is 5.69 Å². The molecule has 1 heterocycles. The molecule has 4 rings (SSSR count). The molecule has 2 N–H and O–H groups in total. The van der Waals surface area contributed by atoms with Gasteiger partial charge in [-0.3, -0.25) is 8.86 Å². The molecule has 28 heavy (non-hydrogen) atoms. The molecule has 3 aromatic carbocycles. The van der Waals surface area contributed by atoms with Crippen LogP contribution in [0.3, 0.4) is 0 Å². The van der Waals surface area contributed by atoms with Crippen molar-refractivity contribution in [2.24, 2.45) is 0 Å². The summed E-state index contributed by atoms with van der Waals surface area (Å²) in [5.41, 5.74) is 0.718. The van der Waals surface area contributed by atoms with Gasteiger partial charge in [0.25, 0.3) is 11.3 Å². The SMILES string of the molecule is O=C(O)C(c1ccccc1)N(c1ccc2c(c1)Sc1ccccc1O2)S(=O)O. The number of ether oxygens (including phenoxy) is 1. The van der Waals surface area contributed by atoms with E-state index in [0.29, 0.717) is 17.0 Å². The number of carbonyl (C=O) groups is 1. The maximum absolute atomic E-state index is 12.1. The number of hydrogen-bond donors (Lipinski definition) is 2. The summed E-state index contributed by atoms with van der Waals surface area (Å²) in [7, 11) is 0. The molecule has 0 fully saturated rings. The quantitative estimate of drug-likeness (QED) is 0.461. The zero-order valence-electron chi connectivity index (χ0n) is 14.4. The van der Waals surface area contributed by atoms with Gasteiger partial charge in [0.2, 0.25) is 0 Å². The molecule has 3 aromatic rings. The van der Waals surface area contributed by atoms with Crippen molar-refractivity contribution in [1.29, 1.82) is 0 Å². The van der Waals surface area contributed by atoms with Crippen LogP contribution in [0.2, 0.25) is 0 Å². The lowest BCUT2D eigenvalue weighted by Crippen LogP contribution is -2.35. The number of nitrogens with zero attached hydrogens (tertiary/aromatic N) is 1. The first-order valence-corrected chi connectivity index (χ1v) is 10.2. The van der Waals surface area contributed by atoms with Crippen LogP contribution >= 0.6 is 11.8 Å². The van der Waals surface area contributed by atoms with E-state index in [1.165, 1.54) is 11.8 Å². The van der Waals surface area contributed by atoms with E-state index in [4.69, 9.17) is 4.74 Å². The highest BCUT2D eigenvalue weighted by Gasteiger charge is 2.32. The molecule has 0 saturated heterocycles. The summed E-state index contributed by atoms with van der Waals surface area (Å²) in [5, 5.41) is 9.76. The first-order valence-electron chi connectivity index (χ1n) is 8.31. The van der Waals surface area contributed by atoms with Crippen LogP contribution in [0, 0.1) is 0 Å². The minimum Gasteiger partial charge on any atom is -0.479 e. The Morgan fingerprint density at radius 2 is 1.64 bits per heavy atom. The molecule has 2 atom stereocenters. The fraction of sp³-hybridized carbons (Fsp3) is 0.0500. The predicted octanol–water partition coefficient (Wildman–Crippen LogP) is 4.71. The van der Waals surface area contributed by atoms with Crippen molar-refractivity contribution in [2.75, 3.05) is 4.31 Å². The molecule has 0 aliphatic carbocycles. The lowest BCUT2D eigenvalue weighted by molar-refractivity contribution is -0.138. The Labute approximate surface area is 168 Å². The van der Waals surface area contributed by atoms with Crippen LogP contribution in [-0.4, -0.2) is 19.8 Å². The Bertz CT molecular complexity index is 1060. The van der Waals surface area contributed by atoms with E-state index in [1.54, 1.807) is 48.5 Å². The molecule has 0 spiro atoms. The number of aliphatic carboxylic acids is 1. The van der Waals surface area contributed by atoms with Crippen molar-refractivity contribution in [3.63, 3.8) is 0 Å². The molecular weight excluding hydrogens is 398 g/mol. The molecule has 0 radical (unpaired) electrons. The fourth-order valence-electron chi connectivity index (χ4n) is 3.00. The van der Waals surface area contributed by atoms with Crippen LogP contribution in [0.15, 0.2) is 82.6 Å². The van der Waals surface area contributed by atoms with Gasteiger partial charge in [-0.25, -0.2) is 9.00 Å². The van der Waals surface area contributed by atoms with E-state index in [1.807, 2.05) is 24.3 Å². The van der Waals surface area contributed by atoms with Gasteiger partial charge in [-0.15, -0.1) is 0 Å². The van der Waals surface area contributed by atoms with Gasteiger partial charge in [0.15, 0.2) is 6.04 Å². The number of rotatable bonds is 5. The first-order chi connectivity index (χ1) is 13.5. The normalized spacial score (nSPS) is 14.2. The fourth-order valence-corrected chi connectivity index (χ4v) is 4.67. The molecule has 2 unspecified atom stereocenters. The molecule has 0 saturated carbocycles. The van der Waals surface area contributed by atoms with Crippen molar-refractivity contribution in [2.45, 2.75) is 15.8 Å². The standard InChI is InChI=1S/C20H15NO5S2/c22-20(23)19(13-6-2-1-3-7-13)21(28(24)25)14-10-11-16-18(12-14)27-17-9-5-4-8-15(17)26-16/h1-12,19H,(H,22,23)(H,24,25). The van der Waals surface area contributed by atoms with Gasteiger partial charge in [0, 0.05) is 0 Å². The van der Waals surface area contributed by atoms with Crippen LogP contribution in [-0.2, 0) is 16.1 Å². The summed E-state index contributed by atoms with van der Waals surface area (Å²) < 4.78 is 28.9. The molecular formula is C20H15NO5S2. The number of para-hydroxylation sites is 1. The lowest BCUT2D eigenvalue weighted by Gasteiger charge is -2.28. The Morgan fingerprint density at radius 3 is 2.36 bits per heavy atom. The minimum absolute atomic E-state index is 0.311. The zero-order valence-corrected chi connectivity index (χ0v) is 16.0. The number of benzene rings is 3. The van der Waals surface area contributed by atoms with Crippen molar-refractivity contribution < 1.29 is 23.4 Å². The van der Waals surface area contributed by atoms with Gasteiger partial charge in [-0.2, -0.15) is 0 Å². The third-order valence-electron chi connectivity index (χ3n) is 4.22. The Balaban J connectivity index is 1.75. The third-order valence-corrected chi connectivity index (χ3v) is 6.08. The van der Waals surface area contributed by atoms with Gasteiger partial charge < -0.3 is 9.84 Å².